The maximum absolute atomic E-state index is 11.2. The SMILES string of the molecule is Cc1ncc(CNc2ccc(=O)n(C)c2)[nH]1. The van der Waals surface area contributed by atoms with E-state index < -0.39 is 0 Å². The van der Waals surface area contributed by atoms with Crippen LogP contribution in [0.4, 0.5) is 5.69 Å². The minimum Gasteiger partial charge on any atom is -0.378 e. The van der Waals surface area contributed by atoms with E-state index in [2.05, 4.69) is 15.3 Å². The van der Waals surface area contributed by atoms with Gasteiger partial charge in [-0.3, -0.25) is 4.79 Å². The van der Waals surface area contributed by atoms with Gasteiger partial charge in [-0.15, -0.1) is 0 Å². The molecule has 0 aliphatic heterocycles. The minimum atomic E-state index is -0.0112. The lowest BCUT2D eigenvalue weighted by molar-refractivity contribution is 0.858. The van der Waals surface area contributed by atoms with Crippen LogP contribution in [-0.2, 0) is 13.6 Å². The molecule has 2 aromatic rings. The molecule has 16 heavy (non-hydrogen) atoms. The van der Waals surface area contributed by atoms with Crippen LogP contribution in [0.2, 0.25) is 0 Å². The van der Waals surface area contributed by atoms with Crippen molar-refractivity contribution in [2.75, 3.05) is 5.32 Å². The first-order valence-corrected chi connectivity index (χ1v) is 5.06. The number of hydrogen-bond donors (Lipinski definition) is 2. The number of H-pyrrole nitrogens is 1. The van der Waals surface area contributed by atoms with Crippen LogP contribution in [0.5, 0.6) is 0 Å². The normalized spacial score (nSPS) is 10.4. The van der Waals surface area contributed by atoms with Crippen molar-refractivity contribution in [1.82, 2.24) is 14.5 Å². The molecule has 0 saturated carbocycles. The summed E-state index contributed by atoms with van der Waals surface area (Å²) in [5, 5.41) is 3.21. The number of aromatic amines is 1. The minimum absolute atomic E-state index is 0.0112. The highest BCUT2D eigenvalue weighted by molar-refractivity contribution is 5.40. The molecule has 2 aromatic heterocycles. The van der Waals surface area contributed by atoms with Crippen molar-refractivity contribution < 1.29 is 0 Å². The fourth-order valence-electron chi connectivity index (χ4n) is 1.46. The van der Waals surface area contributed by atoms with Gasteiger partial charge in [0.05, 0.1) is 24.1 Å². The van der Waals surface area contributed by atoms with Crippen molar-refractivity contribution in [2.45, 2.75) is 13.5 Å². The molecule has 0 atom stereocenters. The zero-order valence-corrected chi connectivity index (χ0v) is 9.32. The number of aryl methyl sites for hydroxylation is 2. The molecule has 0 bridgehead atoms. The van der Waals surface area contributed by atoms with Crippen LogP contribution in [0.15, 0.2) is 29.3 Å². The van der Waals surface area contributed by atoms with Gasteiger partial charge in [-0.1, -0.05) is 0 Å². The Morgan fingerprint density at radius 2 is 2.31 bits per heavy atom. The number of imidazole rings is 1. The summed E-state index contributed by atoms with van der Waals surface area (Å²) in [4.78, 5) is 18.4. The van der Waals surface area contributed by atoms with E-state index >= 15 is 0 Å². The molecule has 2 heterocycles. The smallest absolute Gasteiger partial charge is 0.250 e. The van der Waals surface area contributed by atoms with Gasteiger partial charge < -0.3 is 14.9 Å². The highest BCUT2D eigenvalue weighted by Crippen LogP contribution is 2.05. The van der Waals surface area contributed by atoms with Crippen LogP contribution in [0.3, 0.4) is 0 Å². The predicted molar refractivity (Wildman–Crippen MR) is 62.3 cm³/mol. The lowest BCUT2D eigenvalue weighted by atomic mass is 10.4. The third-order valence-corrected chi connectivity index (χ3v) is 2.32. The van der Waals surface area contributed by atoms with E-state index in [1.807, 2.05) is 6.92 Å². The standard InChI is InChI=1S/C11H14N4O/c1-8-12-5-10(14-8)6-13-9-3-4-11(16)15(2)7-9/h3-5,7,13H,6H2,1-2H3,(H,12,14). The van der Waals surface area contributed by atoms with E-state index in [4.69, 9.17) is 0 Å². The van der Waals surface area contributed by atoms with Crippen LogP contribution in [0.1, 0.15) is 11.5 Å². The first kappa shape index (κ1) is 10.5. The molecule has 0 spiro atoms. The Labute approximate surface area is 93.2 Å². The van der Waals surface area contributed by atoms with E-state index in [1.54, 1.807) is 36.1 Å². The second kappa shape index (κ2) is 4.22. The molecule has 2 rings (SSSR count). The van der Waals surface area contributed by atoms with Crippen molar-refractivity contribution in [2.24, 2.45) is 7.05 Å². The zero-order chi connectivity index (χ0) is 11.5. The first-order chi connectivity index (χ1) is 7.65. The lowest BCUT2D eigenvalue weighted by Gasteiger charge is -2.05. The first-order valence-electron chi connectivity index (χ1n) is 5.06. The van der Waals surface area contributed by atoms with Gasteiger partial charge >= 0.3 is 0 Å². The van der Waals surface area contributed by atoms with E-state index in [-0.39, 0.29) is 5.56 Å². The summed E-state index contributed by atoms with van der Waals surface area (Å²) in [6, 6.07) is 3.31. The molecule has 0 aliphatic rings. The fraction of sp³-hybridized carbons (Fsp3) is 0.273. The topological polar surface area (TPSA) is 62.7 Å². The molecule has 0 aromatic carbocycles. The number of nitrogens with one attached hydrogen (secondary N) is 2. The largest absolute Gasteiger partial charge is 0.378 e. The zero-order valence-electron chi connectivity index (χ0n) is 9.32. The summed E-state index contributed by atoms with van der Waals surface area (Å²) in [7, 11) is 1.73. The summed E-state index contributed by atoms with van der Waals surface area (Å²) in [6.45, 7) is 2.58. The van der Waals surface area contributed by atoms with Crippen LogP contribution in [0, 0.1) is 6.92 Å². The van der Waals surface area contributed by atoms with Gasteiger partial charge in [-0.05, 0) is 13.0 Å². The molecular weight excluding hydrogens is 204 g/mol. The third-order valence-electron chi connectivity index (χ3n) is 2.32. The highest BCUT2D eigenvalue weighted by Gasteiger charge is 1.98. The van der Waals surface area contributed by atoms with Crippen LogP contribution >= 0.6 is 0 Å². The number of hydrogen-bond acceptors (Lipinski definition) is 3. The van der Waals surface area contributed by atoms with E-state index in [0.717, 1.165) is 17.2 Å². The van der Waals surface area contributed by atoms with Crippen LogP contribution in [-0.4, -0.2) is 14.5 Å². The van der Waals surface area contributed by atoms with Gasteiger partial charge in [0, 0.05) is 19.3 Å². The lowest BCUT2D eigenvalue weighted by Crippen LogP contribution is -2.15. The number of anilines is 1. The van der Waals surface area contributed by atoms with E-state index in [1.165, 1.54) is 0 Å². The number of pyridine rings is 1. The molecule has 0 aliphatic carbocycles. The second-order valence-electron chi connectivity index (χ2n) is 3.71. The Balaban J connectivity index is 2.05. The highest BCUT2D eigenvalue weighted by atomic mass is 16.1. The van der Waals surface area contributed by atoms with Crippen molar-refractivity contribution in [3.63, 3.8) is 0 Å². The molecule has 0 unspecified atom stereocenters. The van der Waals surface area contributed by atoms with Crippen molar-refractivity contribution >= 4 is 5.69 Å². The number of nitrogens with zero attached hydrogens (tertiary/aromatic N) is 2. The quantitative estimate of drug-likeness (QED) is 0.808. The molecule has 0 amide bonds. The summed E-state index contributed by atoms with van der Waals surface area (Å²) in [6.07, 6.45) is 3.57. The van der Waals surface area contributed by atoms with Gasteiger partial charge in [0.1, 0.15) is 5.82 Å². The average molecular weight is 218 g/mol. The Kier molecular flexibility index (Phi) is 2.76. The molecule has 2 N–H and O–H groups in total. The summed E-state index contributed by atoms with van der Waals surface area (Å²) < 4.78 is 1.54. The predicted octanol–water partition coefficient (Wildman–Crippen LogP) is 1.03. The Morgan fingerprint density at radius 3 is 2.94 bits per heavy atom. The van der Waals surface area contributed by atoms with Gasteiger partial charge in [-0.2, -0.15) is 0 Å². The van der Waals surface area contributed by atoms with Crippen molar-refractivity contribution in [1.29, 1.82) is 0 Å². The molecule has 84 valence electrons. The summed E-state index contributed by atoms with van der Waals surface area (Å²) >= 11 is 0. The average Bonchev–Trinajstić information content (AvgIpc) is 2.66. The monoisotopic (exact) mass is 218 g/mol. The second-order valence-corrected chi connectivity index (χ2v) is 3.71. The Hall–Kier alpha value is -2.04. The van der Waals surface area contributed by atoms with E-state index in [0.29, 0.717) is 6.54 Å². The van der Waals surface area contributed by atoms with Crippen molar-refractivity contribution in [3.8, 4) is 0 Å². The Bertz CT molecular complexity index is 541. The fourth-order valence-corrected chi connectivity index (χ4v) is 1.46. The van der Waals surface area contributed by atoms with Gasteiger partial charge in [0.15, 0.2) is 0 Å². The van der Waals surface area contributed by atoms with E-state index in [9.17, 15) is 4.79 Å². The summed E-state index contributed by atoms with van der Waals surface area (Å²) in [5.41, 5.74) is 1.92. The van der Waals surface area contributed by atoms with Crippen LogP contribution in [0.25, 0.3) is 0 Å². The number of aromatic nitrogens is 3. The van der Waals surface area contributed by atoms with Gasteiger partial charge in [0.2, 0.25) is 5.56 Å². The summed E-state index contributed by atoms with van der Waals surface area (Å²) in [5.74, 6) is 0.900. The molecule has 0 fully saturated rings. The third kappa shape index (κ3) is 2.31. The molecule has 0 radical (unpaired) electrons. The molecule has 5 heteroatoms. The maximum atomic E-state index is 11.2. The Morgan fingerprint density at radius 1 is 1.50 bits per heavy atom. The maximum Gasteiger partial charge on any atom is 0.250 e. The van der Waals surface area contributed by atoms with Crippen molar-refractivity contribution in [3.05, 3.63) is 46.4 Å². The molecular formula is C11H14N4O. The number of rotatable bonds is 3. The molecule has 5 nitrogen and oxygen atoms in total. The van der Waals surface area contributed by atoms with Gasteiger partial charge in [0.25, 0.3) is 0 Å². The van der Waals surface area contributed by atoms with Crippen LogP contribution < -0.4 is 10.9 Å². The van der Waals surface area contributed by atoms with Gasteiger partial charge in [-0.25, -0.2) is 4.98 Å². The molecule has 0 saturated heterocycles.